The molecule has 0 saturated heterocycles. The number of carbonyl (C=O) groups is 1. The summed E-state index contributed by atoms with van der Waals surface area (Å²) < 4.78 is 0. The molecule has 0 amide bonds. The molecular formula is C13H17NO2. The summed E-state index contributed by atoms with van der Waals surface area (Å²) in [7, 11) is 0. The highest BCUT2D eigenvalue weighted by atomic mass is 16.4. The molecule has 16 heavy (non-hydrogen) atoms. The fourth-order valence-electron chi connectivity index (χ4n) is 2.34. The molecule has 1 aromatic carbocycles. The van der Waals surface area contributed by atoms with Crippen molar-refractivity contribution in [1.82, 2.24) is 5.32 Å². The molecule has 1 unspecified atom stereocenters. The topological polar surface area (TPSA) is 49.3 Å². The lowest BCUT2D eigenvalue weighted by molar-refractivity contribution is 0.0697. The first-order valence-electron chi connectivity index (χ1n) is 5.67. The summed E-state index contributed by atoms with van der Waals surface area (Å²) in [4.78, 5) is 10.8. The number of carboxylic acid groups (broad SMARTS) is 1. The third-order valence-corrected chi connectivity index (χ3v) is 2.95. The molecule has 1 aliphatic rings. The Labute approximate surface area is 95.5 Å². The van der Waals surface area contributed by atoms with Gasteiger partial charge in [0.1, 0.15) is 0 Å². The van der Waals surface area contributed by atoms with Gasteiger partial charge in [-0.25, -0.2) is 4.79 Å². The molecule has 0 saturated carbocycles. The van der Waals surface area contributed by atoms with Crippen LogP contribution in [0, 0.1) is 0 Å². The van der Waals surface area contributed by atoms with Gasteiger partial charge in [-0.1, -0.05) is 19.9 Å². The van der Waals surface area contributed by atoms with E-state index in [1.165, 1.54) is 11.1 Å². The highest BCUT2D eigenvalue weighted by Gasteiger charge is 2.22. The van der Waals surface area contributed by atoms with E-state index in [-0.39, 0.29) is 0 Å². The average molecular weight is 219 g/mol. The fourth-order valence-corrected chi connectivity index (χ4v) is 2.34. The second-order valence-corrected chi connectivity index (χ2v) is 4.72. The SMILES string of the molecule is CC(C)NC1Cc2ccc(C(=O)O)cc2C1. The van der Waals surface area contributed by atoms with Gasteiger partial charge in [0.05, 0.1) is 5.56 Å². The summed E-state index contributed by atoms with van der Waals surface area (Å²) in [6, 6.07) is 6.37. The third-order valence-electron chi connectivity index (χ3n) is 2.95. The molecule has 86 valence electrons. The maximum atomic E-state index is 10.8. The maximum absolute atomic E-state index is 10.8. The molecule has 0 aromatic heterocycles. The standard InChI is InChI=1S/C13H17NO2/c1-8(2)14-12-6-9-3-4-10(13(15)16)5-11(9)7-12/h3-5,8,12,14H,6-7H2,1-2H3,(H,15,16). The Morgan fingerprint density at radius 3 is 2.69 bits per heavy atom. The van der Waals surface area contributed by atoms with Crippen LogP contribution >= 0.6 is 0 Å². The first-order valence-corrected chi connectivity index (χ1v) is 5.67. The summed E-state index contributed by atoms with van der Waals surface area (Å²) in [6.07, 6.45) is 1.95. The molecule has 2 N–H and O–H groups in total. The van der Waals surface area contributed by atoms with Crippen LogP contribution in [-0.2, 0) is 12.8 Å². The van der Waals surface area contributed by atoms with Gasteiger partial charge in [0.2, 0.25) is 0 Å². The first kappa shape index (κ1) is 11.1. The van der Waals surface area contributed by atoms with Crippen LogP contribution in [0.1, 0.15) is 35.3 Å². The molecule has 0 bridgehead atoms. The normalized spacial score (nSPS) is 18.8. The Morgan fingerprint density at radius 1 is 1.38 bits per heavy atom. The predicted octanol–water partition coefficient (Wildman–Crippen LogP) is 1.85. The number of carboxylic acids is 1. The molecule has 0 spiro atoms. The van der Waals surface area contributed by atoms with Crippen LogP contribution in [0.4, 0.5) is 0 Å². The molecular weight excluding hydrogens is 202 g/mol. The van der Waals surface area contributed by atoms with Gasteiger partial charge in [-0.3, -0.25) is 0 Å². The summed E-state index contributed by atoms with van der Waals surface area (Å²) in [5, 5.41) is 12.4. The molecule has 1 aliphatic carbocycles. The van der Waals surface area contributed by atoms with Crippen molar-refractivity contribution in [3.8, 4) is 0 Å². The Bertz CT molecular complexity index is 412. The number of fused-ring (bicyclic) bond motifs is 1. The number of hydrogen-bond acceptors (Lipinski definition) is 2. The van der Waals surface area contributed by atoms with E-state index in [4.69, 9.17) is 5.11 Å². The van der Waals surface area contributed by atoms with Gasteiger partial charge in [0.25, 0.3) is 0 Å². The quantitative estimate of drug-likeness (QED) is 0.815. The van der Waals surface area contributed by atoms with Crippen molar-refractivity contribution in [2.24, 2.45) is 0 Å². The minimum absolute atomic E-state index is 0.393. The molecule has 0 radical (unpaired) electrons. The van der Waals surface area contributed by atoms with Gasteiger partial charge in [0, 0.05) is 12.1 Å². The van der Waals surface area contributed by atoms with E-state index in [1.807, 2.05) is 6.07 Å². The molecule has 3 heteroatoms. The molecule has 0 fully saturated rings. The second-order valence-electron chi connectivity index (χ2n) is 4.72. The van der Waals surface area contributed by atoms with Crippen LogP contribution in [0.3, 0.4) is 0 Å². The minimum Gasteiger partial charge on any atom is -0.478 e. The van der Waals surface area contributed by atoms with Crippen molar-refractivity contribution in [3.63, 3.8) is 0 Å². The number of rotatable bonds is 3. The van der Waals surface area contributed by atoms with E-state index < -0.39 is 5.97 Å². The minimum atomic E-state index is -0.844. The smallest absolute Gasteiger partial charge is 0.335 e. The fraction of sp³-hybridized carbons (Fsp3) is 0.462. The van der Waals surface area contributed by atoms with Crippen LogP contribution in [0.25, 0.3) is 0 Å². The Balaban J connectivity index is 2.15. The molecule has 0 aliphatic heterocycles. The van der Waals surface area contributed by atoms with E-state index in [9.17, 15) is 4.79 Å². The van der Waals surface area contributed by atoms with E-state index in [0.717, 1.165) is 12.8 Å². The highest BCUT2D eigenvalue weighted by Crippen LogP contribution is 2.23. The summed E-state index contributed by atoms with van der Waals surface area (Å²) in [5.74, 6) is -0.844. The lowest BCUT2D eigenvalue weighted by Crippen LogP contribution is -2.35. The maximum Gasteiger partial charge on any atom is 0.335 e. The summed E-state index contributed by atoms with van der Waals surface area (Å²) in [5.41, 5.74) is 2.85. The van der Waals surface area contributed by atoms with Crippen LogP contribution in [0.5, 0.6) is 0 Å². The van der Waals surface area contributed by atoms with E-state index in [0.29, 0.717) is 17.6 Å². The van der Waals surface area contributed by atoms with Crippen LogP contribution in [0.15, 0.2) is 18.2 Å². The monoisotopic (exact) mass is 219 g/mol. The Morgan fingerprint density at radius 2 is 2.06 bits per heavy atom. The highest BCUT2D eigenvalue weighted by molar-refractivity contribution is 5.88. The van der Waals surface area contributed by atoms with E-state index in [1.54, 1.807) is 12.1 Å². The molecule has 0 heterocycles. The van der Waals surface area contributed by atoms with Crippen molar-refractivity contribution >= 4 is 5.97 Å². The van der Waals surface area contributed by atoms with Crippen molar-refractivity contribution in [2.45, 2.75) is 38.8 Å². The third kappa shape index (κ3) is 2.25. The van der Waals surface area contributed by atoms with Gasteiger partial charge in [-0.2, -0.15) is 0 Å². The zero-order chi connectivity index (χ0) is 11.7. The van der Waals surface area contributed by atoms with Crippen LogP contribution in [-0.4, -0.2) is 23.2 Å². The van der Waals surface area contributed by atoms with Gasteiger partial charge in [0.15, 0.2) is 0 Å². The number of nitrogens with one attached hydrogen (secondary N) is 1. The Hall–Kier alpha value is -1.35. The van der Waals surface area contributed by atoms with Crippen LogP contribution in [0.2, 0.25) is 0 Å². The zero-order valence-corrected chi connectivity index (χ0v) is 9.66. The van der Waals surface area contributed by atoms with Gasteiger partial charge in [-0.05, 0) is 36.1 Å². The average Bonchev–Trinajstić information content (AvgIpc) is 2.56. The summed E-state index contributed by atoms with van der Waals surface area (Å²) in [6.45, 7) is 4.26. The Kier molecular flexibility index (Phi) is 2.97. The van der Waals surface area contributed by atoms with Gasteiger partial charge < -0.3 is 10.4 Å². The summed E-state index contributed by atoms with van der Waals surface area (Å²) >= 11 is 0. The van der Waals surface area contributed by atoms with Crippen molar-refractivity contribution in [2.75, 3.05) is 0 Å². The van der Waals surface area contributed by atoms with E-state index >= 15 is 0 Å². The van der Waals surface area contributed by atoms with Crippen LogP contribution < -0.4 is 5.32 Å². The molecule has 2 rings (SSSR count). The van der Waals surface area contributed by atoms with Gasteiger partial charge in [-0.15, -0.1) is 0 Å². The number of benzene rings is 1. The van der Waals surface area contributed by atoms with Crippen molar-refractivity contribution in [1.29, 1.82) is 0 Å². The number of hydrogen-bond donors (Lipinski definition) is 2. The molecule has 3 nitrogen and oxygen atoms in total. The first-order chi connectivity index (χ1) is 7.56. The predicted molar refractivity (Wildman–Crippen MR) is 62.9 cm³/mol. The lowest BCUT2D eigenvalue weighted by Gasteiger charge is -2.14. The lowest BCUT2D eigenvalue weighted by atomic mass is 10.1. The zero-order valence-electron chi connectivity index (χ0n) is 9.66. The van der Waals surface area contributed by atoms with Crippen molar-refractivity contribution < 1.29 is 9.90 Å². The van der Waals surface area contributed by atoms with E-state index in [2.05, 4.69) is 19.2 Å². The van der Waals surface area contributed by atoms with Gasteiger partial charge >= 0.3 is 5.97 Å². The number of aromatic carboxylic acids is 1. The second kappa shape index (κ2) is 4.26. The largest absolute Gasteiger partial charge is 0.478 e. The molecule has 1 atom stereocenters. The molecule has 1 aromatic rings. The van der Waals surface area contributed by atoms with Crippen molar-refractivity contribution in [3.05, 3.63) is 34.9 Å².